The maximum atomic E-state index is 12.3. The highest BCUT2D eigenvalue weighted by Gasteiger charge is 2.21. The number of rotatable bonds is 7. The van der Waals surface area contributed by atoms with Crippen LogP contribution in [0.5, 0.6) is 0 Å². The third kappa shape index (κ3) is 6.24. The van der Waals surface area contributed by atoms with Gasteiger partial charge in [-0.05, 0) is 24.8 Å². The van der Waals surface area contributed by atoms with E-state index < -0.39 is 0 Å². The Hall–Kier alpha value is -1.69. The summed E-state index contributed by atoms with van der Waals surface area (Å²) in [6.07, 6.45) is 7.90. The monoisotopic (exact) mass is 358 g/mol. The number of benzene rings is 1. The summed E-state index contributed by atoms with van der Waals surface area (Å²) >= 11 is 0. The molecule has 1 aromatic rings. The number of carbonyl (C=O) groups excluding carboxylic acids is 1. The van der Waals surface area contributed by atoms with Gasteiger partial charge in [0.2, 0.25) is 5.91 Å². The molecule has 0 radical (unpaired) electrons. The number of carbonyl (C=O) groups is 1. The van der Waals surface area contributed by atoms with Crippen LogP contribution in [-0.2, 0) is 14.3 Å². The molecule has 2 aliphatic rings. The van der Waals surface area contributed by atoms with E-state index in [2.05, 4.69) is 29.2 Å². The molecule has 5 heteroatoms. The number of hydrogen-bond donors (Lipinski definition) is 0. The maximum absolute atomic E-state index is 12.3. The van der Waals surface area contributed by atoms with E-state index in [1.807, 2.05) is 23.1 Å². The average molecular weight is 358 g/mol. The lowest BCUT2D eigenvalue weighted by Crippen LogP contribution is -2.49. The van der Waals surface area contributed by atoms with E-state index in [-0.39, 0.29) is 18.6 Å². The zero-order chi connectivity index (χ0) is 18.0. The molecule has 1 aromatic carbocycles. The molecular weight excluding hydrogens is 328 g/mol. The molecule has 0 aliphatic carbocycles. The number of nitrogens with zero attached hydrogens (tertiary/aromatic N) is 2. The highest BCUT2D eigenvalue weighted by Crippen LogP contribution is 2.13. The van der Waals surface area contributed by atoms with Crippen molar-refractivity contribution in [2.24, 2.45) is 0 Å². The highest BCUT2D eigenvalue weighted by atomic mass is 16.5. The van der Waals surface area contributed by atoms with Crippen LogP contribution in [0.25, 0.3) is 6.08 Å². The molecule has 0 aromatic heterocycles. The second-order valence-corrected chi connectivity index (χ2v) is 7.00. The van der Waals surface area contributed by atoms with Crippen LogP contribution in [0.15, 0.2) is 36.4 Å². The fourth-order valence-corrected chi connectivity index (χ4v) is 3.39. The van der Waals surface area contributed by atoms with Gasteiger partial charge < -0.3 is 14.4 Å². The summed E-state index contributed by atoms with van der Waals surface area (Å²) in [6, 6.07) is 10.3. The van der Waals surface area contributed by atoms with Gasteiger partial charge in [-0.3, -0.25) is 9.69 Å². The highest BCUT2D eigenvalue weighted by molar-refractivity contribution is 5.77. The van der Waals surface area contributed by atoms with Crippen molar-refractivity contribution >= 4 is 12.0 Å². The standard InChI is InChI=1S/C21H30N2O3/c24-21(18-25-17-20-10-4-5-16-26-20)23-14-12-22(13-15-23)11-6-9-19-7-2-1-3-8-19/h1-3,6-9,20H,4-5,10-18H2. The summed E-state index contributed by atoms with van der Waals surface area (Å²) in [4.78, 5) is 16.6. The van der Waals surface area contributed by atoms with E-state index in [0.29, 0.717) is 6.61 Å². The minimum atomic E-state index is 0.0975. The van der Waals surface area contributed by atoms with Crippen LogP contribution in [0.1, 0.15) is 24.8 Å². The number of amides is 1. The Morgan fingerprint density at radius 1 is 1.15 bits per heavy atom. The molecule has 2 aliphatic heterocycles. The molecule has 0 spiro atoms. The van der Waals surface area contributed by atoms with Gasteiger partial charge in [0.05, 0.1) is 12.7 Å². The maximum Gasteiger partial charge on any atom is 0.248 e. The molecule has 26 heavy (non-hydrogen) atoms. The first-order valence-corrected chi connectivity index (χ1v) is 9.72. The number of hydrogen-bond acceptors (Lipinski definition) is 4. The molecule has 2 heterocycles. The third-order valence-corrected chi connectivity index (χ3v) is 5.00. The van der Waals surface area contributed by atoms with Crippen molar-refractivity contribution in [1.29, 1.82) is 0 Å². The van der Waals surface area contributed by atoms with Gasteiger partial charge in [0.15, 0.2) is 0 Å². The fraction of sp³-hybridized carbons (Fsp3) is 0.571. The van der Waals surface area contributed by atoms with Gasteiger partial charge in [0.25, 0.3) is 0 Å². The topological polar surface area (TPSA) is 42.0 Å². The van der Waals surface area contributed by atoms with Gasteiger partial charge >= 0.3 is 0 Å². The molecule has 2 fully saturated rings. The van der Waals surface area contributed by atoms with Crippen LogP contribution in [0.4, 0.5) is 0 Å². The van der Waals surface area contributed by atoms with Crippen molar-refractivity contribution in [3.63, 3.8) is 0 Å². The van der Waals surface area contributed by atoms with Crippen LogP contribution in [0.3, 0.4) is 0 Å². The zero-order valence-corrected chi connectivity index (χ0v) is 15.5. The van der Waals surface area contributed by atoms with Gasteiger partial charge in [-0.2, -0.15) is 0 Å². The van der Waals surface area contributed by atoms with Crippen LogP contribution in [-0.4, -0.2) is 74.4 Å². The number of ether oxygens (including phenoxy) is 2. The quantitative estimate of drug-likeness (QED) is 0.751. The van der Waals surface area contributed by atoms with Gasteiger partial charge in [-0.25, -0.2) is 0 Å². The van der Waals surface area contributed by atoms with Gasteiger partial charge in [0, 0.05) is 39.3 Å². The minimum Gasteiger partial charge on any atom is -0.376 e. The molecule has 1 amide bonds. The van der Waals surface area contributed by atoms with E-state index in [9.17, 15) is 4.79 Å². The summed E-state index contributed by atoms with van der Waals surface area (Å²) in [6.45, 7) is 5.84. The van der Waals surface area contributed by atoms with E-state index >= 15 is 0 Å². The van der Waals surface area contributed by atoms with Gasteiger partial charge in [0.1, 0.15) is 6.61 Å². The first-order chi connectivity index (χ1) is 12.8. The Bertz CT molecular complexity index is 562. The van der Waals surface area contributed by atoms with E-state index in [0.717, 1.165) is 52.2 Å². The van der Waals surface area contributed by atoms with E-state index in [4.69, 9.17) is 9.47 Å². The molecule has 0 saturated carbocycles. The lowest BCUT2D eigenvalue weighted by Gasteiger charge is -2.34. The molecule has 142 valence electrons. The van der Waals surface area contributed by atoms with Crippen LogP contribution >= 0.6 is 0 Å². The summed E-state index contributed by atoms with van der Waals surface area (Å²) in [5.41, 5.74) is 1.22. The largest absolute Gasteiger partial charge is 0.376 e. The predicted molar refractivity (Wildman–Crippen MR) is 103 cm³/mol. The Labute approximate surface area is 156 Å². The zero-order valence-electron chi connectivity index (χ0n) is 15.5. The molecule has 5 nitrogen and oxygen atoms in total. The molecule has 3 rings (SSSR count). The molecule has 2 saturated heterocycles. The Morgan fingerprint density at radius 3 is 2.69 bits per heavy atom. The normalized spacial score (nSPS) is 22.0. The van der Waals surface area contributed by atoms with Gasteiger partial charge in [-0.1, -0.05) is 42.5 Å². The first kappa shape index (κ1) is 19.1. The fourth-order valence-electron chi connectivity index (χ4n) is 3.39. The lowest BCUT2D eigenvalue weighted by molar-refractivity contribution is -0.139. The van der Waals surface area contributed by atoms with Crippen molar-refractivity contribution in [2.75, 3.05) is 52.5 Å². The van der Waals surface area contributed by atoms with Crippen molar-refractivity contribution in [1.82, 2.24) is 9.80 Å². The second kappa shape index (κ2) is 10.5. The van der Waals surface area contributed by atoms with E-state index in [1.165, 1.54) is 12.0 Å². The molecule has 0 N–H and O–H groups in total. The number of piperazine rings is 1. The molecule has 1 atom stereocenters. The van der Waals surface area contributed by atoms with Crippen molar-refractivity contribution < 1.29 is 14.3 Å². The third-order valence-electron chi connectivity index (χ3n) is 5.00. The second-order valence-electron chi connectivity index (χ2n) is 7.00. The summed E-state index contributed by atoms with van der Waals surface area (Å²) in [7, 11) is 0. The predicted octanol–water partition coefficient (Wildman–Crippen LogP) is 2.43. The smallest absolute Gasteiger partial charge is 0.248 e. The van der Waals surface area contributed by atoms with Crippen molar-refractivity contribution in [3.8, 4) is 0 Å². The Balaban J connectivity index is 1.30. The molecule has 1 unspecified atom stereocenters. The summed E-state index contributed by atoms with van der Waals surface area (Å²) < 4.78 is 11.2. The molecule has 0 bridgehead atoms. The minimum absolute atomic E-state index is 0.0975. The lowest BCUT2D eigenvalue weighted by atomic mass is 10.1. The summed E-state index contributed by atoms with van der Waals surface area (Å²) in [5, 5.41) is 0. The summed E-state index contributed by atoms with van der Waals surface area (Å²) in [5.74, 6) is 0.0975. The van der Waals surface area contributed by atoms with E-state index in [1.54, 1.807) is 0 Å². The first-order valence-electron chi connectivity index (χ1n) is 9.72. The van der Waals surface area contributed by atoms with Crippen LogP contribution in [0, 0.1) is 0 Å². The van der Waals surface area contributed by atoms with Crippen LogP contribution < -0.4 is 0 Å². The Kier molecular flexibility index (Phi) is 7.67. The SMILES string of the molecule is O=C(COCC1CCCCO1)N1CCN(CC=Cc2ccccc2)CC1. The van der Waals surface area contributed by atoms with Crippen molar-refractivity contribution in [3.05, 3.63) is 42.0 Å². The van der Waals surface area contributed by atoms with Gasteiger partial charge in [-0.15, -0.1) is 0 Å². The van der Waals surface area contributed by atoms with Crippen molar-refractivity contribution in [2.45, 2.75) is 25.4 Å². The van der Waals surface area contributed by atoms with Crippen LogP contribution in [0.2, 0.25) is 0 Å². The average Bonchev–Trinajstić information content (AvgIpc) is 2.70. The Morgan fingerprint density at radius 2 is 1.96 bits per heavy atom. The molecular formula is C21H30N2O3.